The van der Waals surface area contributed by atoms with Crippen LogP contribution in [0.3, 0.4) is 0 Å². The molecule has 0 fully saturated rings. The van der Waals surface area contributed by atoms with E-state index in [1.165, 1.54) is 13.1 Å². The summed E-state index contributed by atoms with van der Waals surface area (Å²) in [6.45, 7) is 0. The third kappa shape index (κ3) is 2.26. The number of nitrogens with zero attached hydrogens (tertiary/aromatic N) is 2. The van der Waals surface area contributed by atoms with Crippen LogP contribution in [0.15, 0.2) is 18.2 Å². The minimum atomic E-state index is -4.58. The highest BCUT2D eigenvalue weighted by Gasteiger charge is 2.35. The third-order valence-corrected chi connectivity index (χ3v) is 2.38. The molecule has 0 saturated heterocycles. The maximum absolute atomic E-state index is 12.5. The van der Waals surface area contributed by atoms with E-state index in [0.29, 0.717) is 10.4 Å². The van der Waals surface area contributed by atoms with Gasteiger partial charge in [0.05, 0.1) is 5.52 Å². The van der Waals surface area contributed by atoms with Crippen LogP contribution in [0.2, 0.25) is 5.02 Å². The van der Waals surface area contributed by atoms with Crippen molar-refractivity contribution in [3.63, 3.8) is 0 Å². The first-order valence-electron chi connectivity index (χ1n) is 4.64. The number of halogens is 4. The van der Waals surface area contributed by atoms with Gasteiger partial charge < -0.3 is 5.32 Å². The Bertz CT molecular complexity index is 568. The Morgan fingerprint density at radius 1 is 1.24 bits per heavy atom. The summed E-state index contributed by atoms with van der Waals surface area (Å²) in [6.07, 6.45) is -4.58. The van der Waals surface area contributed by atoms with Crippen LogP contribution >= 0.6 is 11.6 Å². The second-order valence-corrected chi connectivity index (χ2v) is 3.74. The summed E-state index contributed by atoms with van der Waals surface area (Å²) in [5.74, 6) is -1.06. The lowest BCUT2D eigenvalue weighted by Gasteiger charge is -2.10. The SMILES string of the molecule is CNc1nc(C(F)(F)F)nc2cc(Cl)ccc12. The van der Waals surface area contributed by atoms with Crippen LogP contribution in [-0.4, -0.2) is 17.0 Å². The van der Waals surface area contributed by atoms with Crippen molar-refractivity contribution in [3.05, 3.63) is 29.0 Å². The van der Waals surface area contributed by atoms with Crippen molar-refractivity contribution in [1.29, 1.82) is 0 Å². The van der Waals surface area contributed by atoms with Gasteiger partial charge in [-0.15, -0.1) is 0 Å². The van der Waals surface area contributed by atoms with Crippen molar-refractivity contribution < 1.29 is 13.2 Å². The number of nitrogens with one attached hydrogen (secondary N) is 1. The zero-order chi connectivity index (χ0) is 12.6. The first kappa shape index (κ1) is 11.9. The highest BCUT2D eigenvalue weighted by atomic mass is 35.5. The Morgan fingerprint density at radius 3 is 2.53 bits per heavy atom. The predicted octanol–water partition coefficient (Wildman–Crippen LogP) is 3.34. The summed E-state index contributed by atoms with van der Waals surface area (Å²) in [7, 11) is 1.50. The number of alkyl halides is 3. The van der Waals surface area contributed by atoms with Crippen molar-refractivity contribution in [3.8, 4) is 0 Å². The second-order valence-electron chi connectivity index (χ2n) is 3.31. The Kier molecular flexibility index (Phi) is 2.82. The topological polar surface area (TPSA) is 37.8 Å². The van der Waals surface area contributed by atoms with Gasteiger partial charge in [-0.05, 0) is 18.2 Å². The Labute approximate surface area is 99.6 Å². The van der Waals surface area contributed by atoms with E-state index < -0.39 is 12.0 Å². The van der Waals surface area contributed by atoms with E-state index in [4.69, 9.17) is 11.6 Å². The largest absolute Gasteiger partial charge is 0.451 e. The van der Waals surface area contributed by atoms with Crippen molar-refractivity contribution >= 4 is 28.3 Å². The lowest BCUT2D eigenvalue weighted by Crippen LogP contribution is -2.12. The summed E-state index contributed by atoms with van der Waals surface area (Å²) in [6, 6.07) is 4.51. The summed E-state index contributed by atoms with van der Waals surface area (Å²) < 4.78 is 37.6. The highest BCUT2D eigenvalue weighted by molar-refractivity contribution is 6.31. The van der Waals surface area contributed by atoms with Gasteiger partial charge in [0.1, 0.15) is 5.82 Å². The van der Waals surface area contributed by atoms with Gasteiger partial charge in [0.15, 0.2) is 0 Å². The van der Waals surface area contributed by atoms with Gasteiger partial charge in [0, 0.05) is 17.5 Å². The van der Waals surface area contributed by atoms with Gasteiger partial charge in [-0.1, -0.05) is 11.6 Å². The number of aromatic nitrogens is 2. The maximum Gasteiger partial charge on any atom is 0.451 e. The number of fused-ring (bicyclic) bond motifs is 1. The molecule has 0 radical (unpaired) electrons. The highest BCUT2D eigenvalue weighted by Crippen LogP contribution is 2.30. The molecule has 0 atom stereocenters. The van der Waals surface area contributed by atoms with Crippen LogP contribution in [0.5, 0.6) is 0 Å². The van der Waals surface area contributed by atoms with Crippen molar-refractivity contribution in [2.24, 2.45) is 0 Å². The maximum atomic E-state index is 12.5. The molecule has 0 aliphatic heterocycles. The summed E-state index contributed by atoms with van der Waals surface area (Å²) in [5.41, 5.74) is 0.157. The fraction of sp³-hybridized carbons (Fsp3) is 0.200. The molecular weight excluding hydrogens is 255 g/mol. The number of hydrogen-bond donors (Lipinski definition) is 1. The smallest absolute Gasteiger partial charge is 0.373 e. The zero-order valence-corrected chi connectivity index (χ0v) is 9.39. The van der Waals surface area contributed by atoms with Gasteiger partial charge in [-0.3, -0.25) is 0 Å². The van der Waals surface area contributed by atoms with E-state index in [-0.39, 0.29) is 11.3 Å². The molecule has 2 aromatic rings. The van der Waals surface area contributed by atoms with Crippen LogP contribution in [0.4, 0.5) is 19.0 Å². The number of benzene rings is 1. The minimum absolute atomic E-state index is 0.124. The fourth-order valence-electron chi connectivity index (χ4n) is 1.42. The Hall–Kier alpha value is -1.56. The van der Waals surface area contributed by atoms with Crippen molar-refractivity contribution in [2.75, 3.05) is 12.4 Å². The van der Waals surface area contributed by atoms with Gasteiger partial charge >= 0.3 is 6.18 Å². The van der Waals surface area contributed by atoms with Gasteiger partial charge in [0.25, 0.3) is 0 Å². The molecule has 0 bridgehead atoms. The minimum Gasteiger partial charge on any atom is -0.373 e. The first-order valence-corrected chi connectivity index (χ1v) is 5.02. The molecule has 1 aromatic heterocycles. The molecular formula is C10H7ClF3N3. The van der Waals surface area contributed by atoms with Gasteiger partial charge in [0.2, 0.25) is 5.82 Å². The molecule has 0 amide bonds. The number of rotatable bonds is 1. The molecule has 0 spiro atoms. The van der Waals surface area contributed by atoms with E-state index in [9.17, 15) is 13.2 Å². The third-order valence-electron chi connectivity index (χ3n) is 2.15. The van der Waals surface area contributed by atoms with Crippen LogP contribution in [0, 0.1) is 0 Å². The molecule has 17 heavy (non-hydrogen) atoms. The van der Waals surface area contributed by atoms with Crippen LogP contribution < -0.4 is 5.32 Å². The van der Waals surface area contributed by atoms with Gasteiger partial charge in [-0.2, -0.15) is 13.2 Å². The average molecular weight is 262 g/mol. The number of hydrogen-bond acceptors (Lipinski definition) is 3. The van der Waals surface area contributed by atoms with E-state index in [1.807, 2.05) is 0 Å². The fourth-order valence-corrected chi connectivity index (χ4v) is 1.59. The molecule has 0 unspecified atom stereocenters. The molecule has 1 N–H and O–H groups in total. The van der Waals surface area contributed by atoms with E-state index >= 15 is 0 Å². The zero-order valence-electron chi connectivity index (χ0n) is 8.64. The first-order chi connectivity index (χ1) is 7.91. The van der Waals surface area contributed by atoms with Crippen LogP contribution in [-0.2, 0) is 6.18 Å². The van der Waals surface area contributed by atoms with Crippen LogP contribution in [0.1, 0.15) is 5.82 Å². The van der Waals surface area contributed by atoms with E-state index in [1.54, 1.807) is 12.1 Å². The predicted molar refractivity (Wildman–Crippen MR) is 59.1 cm³/mol. The molecule has 2 rings (SSSR count). The van der Waals surface area contributed by atoms with Crippen molar-refractivity contribution in [1.82, 2.24) is 9.97 Å². The van der Waals surface area contributed by atoms with Crippen molar-refractivity contribution in [2.45, 2.75) is 6.18 Å². The lowest BCUT2D eigenvalue weighted by atomic mass is 10.2. The monoisotopic (exact) mass is 261 g/mol. The van der Waals surface area contributed by atoms with Gasteiger partial charge in [-0.25, -0.2) is 9.97 Å². The molecule has 7 heteroatoms. The molecule has 1 heterocycles. The molecule has 90 valence electrons. The Balaban J connectivity index is 2.76. The van der Waals surface area contributed by atoms with Crippen LogP contribution in [0.25, 0.3) is 10.9 Å². The van der Waals surface area contributed by atoms with E-state index in [0.717, 1.165) is 0 Å². The molecule has 1 aromatic carbocycles. The molecule has 0 aliphatic carbocycles. The average Bonchev–Trinajstić information content (AvgIpc) is 2.25. The summed E-state index contributed by atoms with van der Waals surface area (Å²) in [4.78, 5) is 6.89. The summed E-state index contributed by atoms with van der Waals surface area (Å²) >= 11 is 5.72. The lowest BCUT2D eigenvalue weighted by molar-refractivity contribution is -0.144. The second kappa shape index (κ2) is 4.03. The standard InChI is InChI=1S/C10H7ClF3N3/c1-15-8-6-3-2-5(11)4-7(6)16-9(17-8)10(12,13)14/h2-4H,1H3,(H,15,16,17). The molecule has 0 aliphatic rings. The molecule has 3 nitrogen and oxygen atoms in total. The quantitative estimate of drug-likeness (QED) is 0.855. The Morgan fingerprint density at radius 2 is 1.94 bits per heavy atom. The number of anilines is 1. The van der Waals surface area contributed by atoms with E-state index in [2.05, 4.69) is 15.3 Å². The normalized spacial score (nSPS) is 11.8. The summed E-state index contributed by atoms with van der Waals surface area (Å²) in [5, 5.41) is 3.42. The molecule has 0 saturated carbocycles.